The summed E-state index contributed by atoms with van der Waals surface area (Å²) in [6.07, 6.45) is 16.3. The van der Waals surface area contributed by atoms with Crippen molar-refractivity contribution in [1.82, 2.24) is 4.90 Å². The molecule has 33 heavy (non-hydrogen) atoms. The maximum absolute atomic E-state index is 13.4. The van der Waals surface area contributed by atoms with Gasteiger partial charge in [0, 0.05) is 18.7 Å². The first-order valence-electron chi connectivity index (χ1n) is 12.9. The summed E-state index contributed by atoms with van der Waals surface area (Å²) in [6.45, 7) is 3.54. The minimum absolute atomic E-state index is 0.127. The van der Waals surface area contributed by atoms with Crippen molar-refractivity contribution in [2.24, 2.45) is 5.92 Å². The molecule has 0 aromatic heterocycles. The molecule has 1 aromatic rings. The van der Waals surface area contributed by atoms with Crippen LogP contribution in [0.15, 0.2) is 18.2 Å². The summed E-state index contributed by atoms with van der Waals surface area (Å²) in [5, 5.41) is 0. The number of carbonyl (C=O) groups is 2. The molecule has 186 valence electrons. The van der Waals surface area contributed by atoms with Crippen LogP contribution in [0, 0.1) is 17.6 Å². The summed E-state index contributed by atoms with van der Waals surface area (Å²) in [5.41, 5.74) is 0.127. The van der Waals surface area contributed by atoms with Crippen LogP contribution in [0.3, 0.4) is 0 Å². The van der Waals surface area contributed by atoms with Crippen LogP contribution in [-0.4, -0.2) is 36.5 Å². The lowest BCUT2D eigenvalue weighted by Crippen LogP contribution is -2.40. The number of nitrogens with zero attached hydrogens (tertiary/aromatic N) is 1. The number of rotatable bonds is 15. The molecule has 1 aromatic carbocycles. The second-order valence-corrected chi connectivity index (χ2v) is 9.25. The maximum Gasteiger partial charge on any atom is 0.309 e. The average Bonchev–Trinajstić information content (AvgIpc) is 2.83. The number of ether oxygens (including phenoxy) is 1. The van der Waals surface area contributed by atoms with Crippen LogP contribution in [0.2, 0.25) is 0 Å². The molecule has 0 saturated carbocycles. The van der Waals surface area contributed by atoms with Gasteiger partial charge < -0.3 is 9.64 Å². The molecule has 4 nitrogen and oxygen atoms in total. The van der Waals surface area contributed by atoms with Crippen molar-refractivity contribution < 1.29 is 23.1 Å². The van der Waals surface area contributed by atoms with Gasteiger partial charge in [0.25, 0.3) is 5.91 Å². The number of unbranched alkanes of at least 4 members (excludes halogenated alkanes) is 11. The Morgan fingerprint density at radius 2 is 1.39 bits per heavy atom. The Bertz CT molecular complexity index is 717. The van der Waals surface area contributed by atoms with E-state index in [0.717, 1.165) is 25.0 Å². The molecule has 1 fully saturated rings. The molecule has 1 aliphatic rings. The summed E-state index contributed by atoms with van der Waals surface area (Å²) in [7, 11) is 0. The highest BCUT2D eigenvalue weighted by Gasteiger charge is 2.29. The van der Waals surface area contributed by atoms with E-state index < -0.39 is 11.6 Å². The van der Waals surface area contributed by atoms with Crippen molar-refractivity contribution in [2.75, 3.05) is 19.7 Å². The molecule has 0 aliphatic carbocycles. The zero-order valence-electron chi connectivity index (χ0n) is 20.3. The molecule has 0 spiro atoms. The van der Waals surface area contributed by atoms with Gasteiger partial charge in [-0.1, -0.05) is 77.6 Å². The highest BCUT2D eigenvalue weighted by atomic mass is 19.2. The van der Waals surface area contributed by atoms with Gasteiger partial charge in [0.05, 0.1) is 12.5 Å². The fourth-order valence-electron chi connectivity index (χ4n) is 4.36. The van der Waals surface area contributed by atoms with Crippen molar-refractivity contribution in [1.29, 1.82) is 0 Å². The number of halogens is 2. The standard InChI is InChI=1S/C27H41F2NO3/c1-2-3-4-5-6-7-8-9-10-11-12-13-20-33-27(32)22-16-18-30(19-17-22)26(31)23-14-15-24(28)25(29)21-23/h14-15,21-22H,2-13,16-20H2,1H3. The molecule has 1 heterocycles. The molecule has 6 heteroatoms. The van der Waals surface area contributed by atoms with Crippen molar-refractivity contribution >= 4 is 11.9 Å². The maximum atomic E-state index is 13.4. The fourth-order valence-corrected chi connectivity index (χ4v) is 4.36. The Kier molecular flexibility index (Phi) is 13.0. The van der Waals surface area contributed by atoms with E-state index in [0.29, 0.717) is 32.5 Å². The van der Waals surface area contributed by atoms with E-state index in [-0.39, 0.29) is 23.4 Å². The summed E-state index contributed by atoms with van der Waals surface area (Å²) < 4.78 is 31.9. The molecule has 0 N–H and O–H groups in total. The molecule has 1 saturated heterocycles. The van der Waals surface area contributed by atoms with Crippen molar-refractivity contribution in [2.45, 2.75) is 96.8 Å². The molecule has 1 aliphatic heterocycles. The minimum atomic E-state index is -1.03. The van der Waals surface area contributed by atoms with E-state index in [2.05, 4.69) is 6.92 Å². The van der Waals surface area contributed by atoms with Crippen LogP contribution in [-0.2, 0) is 9.53 Å². The largest absolute Gasteiger partial charge is 0.465 e. The molecule has 0 radical (unpaired) electrons. The van der Waals surface area contributed by atoms with Crippen LogP contribution in [0.4, 0.5) is 8.78 Å². The molecule has 2 rings (SSSR count). The average molecular weight is 466 g/mol. The van der Waals surface area contributed by atoms with Gasteiger partial charge in [0.2, 0.25) is 0 Å². The number of hydrogen-bond acceptors (Lipinski definition) is 3. The summed E-state index contributed by atoms with van der Waals surface area (Å²) in [5.74, 6) is -2.72. The molecule has 0 unspecified atom stereocenters. The number of piperidine rings is 1. The van der Waals surface area contributed by atoms with E-state index in [1.807, 2.05) is 0 Å². The first-order chi connectivity index (χ1) is 16.0. The minimum Gasteiger partial charge on any atom is -0.465 e. The Hall–Kier alpha value is -1.98. The zero-order valence-corrected chi connectivity index (χ0v) is 20.3. The summed E-state index contributed by atoms with van der Waals surface area (Å²) in [6, 6.07) is 3.17. The van der Waals surface area contributed by atoms with Crippen LogP contribution in [0.5, 0.6) is 0 Å². The smallest absolute Gasteiger partial charge is 0.309 e. The molecule has 1 amide bonds. The summed E-state index contributed by atoms with van der Waals surface area (Å²) in [4.78, 5) is 26.4. The second kappa shape index (κ2) is 15.8. The van der Waals surface area contributed by atoms with Gasteiger partial charge in [-0.25, -0.2) is 8.78 Å². The lowest BCUT2D eigenvalue weighted by Gasteiger charge is -2.31. The molecule has 0 bridgehead atoms. The Morgan fingerprint density at radius 3 is 1.94 bits per heavy atom. The molecule has 0 atom stereocenters. The van der Waals surface area contributed by atoms with Crippen LogP contribution in [0.1, 0.15) is 107 Å². The number of hydrogen-bond donors (Lipinski definition) is 0. The zero-order chi connectivity index (χ0) is 23.9. The highest BCUT2D eigenvalue weighted by molar-refractivity contribution is 5.94. The Labute approximate surface area is 198 Å². The van der Waals surface area contributed by atoms with Crippen molar-refractivity contribution in [3.8, 4) is 0 Å². The number of amides is 1. The van der Waals surface area contributed by atoms with E-state index in [1.165, 1.54) is 70.3 Å². The summed E-state index contributed by atoms with van der Waals surface area (Å²) >= 11 is 0. The first-order valence-corrected chi connectivity index (χ1v) is 12.9. The van der Waals surface area contributed by atoms with E-state index in [4.69, 9.17) is 4.74 Å². The predicted molar refractivity (Wildman–Crippen MR) is 127 cm³/mol. The van der Waals surface area contributed by atoms with E-state index in [9.17, 15) is 18.4 Å². The first kappa shape index (κ1) is 27.3. The van der Waals surface area contributed by atoms with Crippen LogP contribution in [0.25, 0.3) is 0 Å². The second-order valence-electron chi connectivity index (χ2n) is 9.25. The number of carbonyl (C=O) groups excluding carboxylic acids is 2. The fraction of sp³-hybridized carbons (Fsp3) is 0.704. The van der Waals surface area contributed by atoms with E-state index in [1.54, 1.807) is 4.90 Å². The highest BCUT2D eigenvalue weighted by Crippen LogP contribution is 2.21. The lowest BCUT2D eigenvalue weighted by molar-refractivity contribution is -0.150. The topological polar surface area (TPSA) is 46.6 Å². The SMILES string of the molecule is CCCCCCCCCCCCCCOC(=O)C1CCN(C(=O)c2ccc(F)c(F)c2)CC1. The quantitative estimate of drug-likeness (QED) is 0.206. The van der Waals surface area contributed by atoms with Gasteiger partial charge >= 0.3 is 5.97 Å². The third-order valence-corrected chi connectivity index (χ3v) is 6.52. The van der Waals surface area contributed by atoms with Crippen LogP contribution < -0.4 is 0 Å². The van der Waals surface area contributed by atoms with Gasteiger partial charge in [-0.15, -0.1) is 0 Å². The Balaban J connectivity index is 1.49. The van der Waals surface area contributed by atoms with Gasteiger partial charge in [-0.05, 0) is 37.5 Å². The molecular formula is C27H41F2NO3. The number of likely N-dealkylation sites (tertiary alicyclic amines) is 1. The van der Waals surface area contributed by atoms with Gasteiger partial charge in [0.1, 0.15) is 0 Å². The Morgan fingerprint density at radius 1 is 0.848 bits per heavy atom. The normalized spacial score (nSPS) is 14.5. The molecular weight excluding hydrogens is 424 g/mol. The van der Waals surface area contributed by atoms with Gasteiger partial charge in [-0.3, -0.25) is 9.59 Å². The van der Waals surface area contributed by atoms with Gasteiger partial charge in [0.15, 0.2) is 11.6 Å². The van der Waals surface area contributed by atoms with Crippen molar-refractivity contribution in [3.05, 3.63) is 35.4 Å². The third-order valence-electron chi connectivity index (χ3n) is 6.52. The van der Waals surface area contributed by atoms with Crippen LogP contribution >= 0.6 is 0 Å². The third kappa shape index (κ3) is 10.2. The lowest BCUT2D eigenvalue weighted by atomic mass is 9.96. The van der Waals surface area contributed by atoms with Crippen molar-refractivity contribution in [3.63, 3.8) is 0 Å². The monoisotopic (exact) mass is 465 g/mol. The number of benzene rings is 1. The predicted octanol–water partition coefficient (Wildman–Crippen LogP) is 7.06. The van der Waals surface area contributed by atoms with E-state index >= 15 is 0 Å². The van der Waals surface area contributed by atoms with Gasteiger partial charge in [-0.2, -0.15) is 0 Å². The number of esters is 1.